The number of ether oxygens (including phenoxy) is 1. The lowest BCUT2D eigenvalue weighted by Crippen LogP contribution is -2.16. The van der Waals surface area contributed by atoms with E-state index in [-0.39, 0.29) is 5.75 Å². The van der Waals surface area contributed by atoms with E-state index in [0.717, 1.165) is 20.3 Å². The van der Waals surface area contributed by atoms with Crippen LogP contribution in [0, 0.1) is 10.5 Å². The molecule has 0 saturated carbocycles. The summed E-state index contributed by atoms with van der Waals surface area (Å²) in [5.41, 5.74) is 3.89. The summed E-state index contributed by atoms with van der Waals surface area (Å²) >= 11 is 2.19. The van der Waals surface area contributed by atoms with Crippen LogP contribution in [0.1, 0.15) is 5.56 Å². The molecule has 0 bridgehead atoms. The van der Waals surface area contributed by atoms with Crippen molar-refractivity contribution in [1.29, 1.82) is 0 Å². The Morgan fingerprint density at radius 2 is 1.86 bits per heavy atom. The van der Waals surface area contributed by atoms with Crippen LogP contribution in [0.25, 0.3) is 22.2 Å². The van der Waals surface area contributed by atoms with E-state index in [9.17, 15) is 13.2 Å². The highest BCUT2D eigenvalue weighted by molar-refractivity contribution is 14.1. The van der Waals surface area contributed by atoms with Crippen LogP contribution in [-0.4, -0.2) is 11.3 Å². The Bertz CT molecular complexity index is 825. The largest absolute Gasteiger partial charge is 0.573 e. The molecule has 1 aromatic heterocycles. The molecule has 3 aromatic rings. The second kappa shape index (κ2) is 5.45. The topological polar surface area (TPSA) is 35.3 Å². The van der Waals surface area contributed by atoms with Gasteiger partial charge in [-0.15, -0.1) is 13.2 Å². The predicted octanol–water partition coefficient (Wildman–Crippen LogP) is 5.31. The van der Waals surface area contributed by atoms with Gasteiger partial charge in [-0.3, -0.25) is 0 Å². The Morgan fingerprint density at radius 3 is 2.50 bits per heavy atom. The fourth-order valence-corrected chi connectivity index (χ4v) is 2.73. The lowest BCUT2D eigenvalue weighted by atomic mass is 10.0. The van der Waals surface area contributed by atoms with Gasteiger partial charge in [-0.25, -0.2) is 4.98 Å². The summed E-state index contributed by atoms with van der Waals surface area (Å²) in [6.07, 6.45) is -3.33. The third kappa shape index (κ3) is 2.90. The first kappa shape index (κ1) is 15.1. The van der Waals surface area contributed by atoms with Crippen LogP contribution >= 0.6 is 22.6 Å². The third-order valence-electron chi connectivity index (χ3n) is 3.19. The van der Waals surface area contributed by atoms with E-state index < -0.39 is 6.36 Å². The third-order valence-corrected chi connectivity index (χ3v) is 4.31. The normalized spacial score (nSPS) is 11.9. The minimum atomic E-state index is -4.69. The van der Waals surface area contributed by atoms with E-state index in [1.165, 1.54) is 18.5 Å². The molecule has 0 fully saturated rings. The van der Waals surface area contributed by atoms with Gasteiger partial charge in [0.25, 0.3) is 0 Å². The monoisotopic (exact) mass is 419 g/mol. The van der Waals surface area contributed by atoms with Crippen molar-refractivity contribution < 1.29 is 22.3 Å². The number of alkyl halides is 3. The number of aryl methyl sites for hydroxylation is 1. The molecule has 0 atom stereocenters. The summed E-state index contributed by atoms with van der Waals surface area (Å²) < 4.78 is 46.8. The van der Waals surface area contributed by atoms with Crippen molar-refractivity contribution in [1.82, 2.24) is 4.98 Å². The molecule has 0 radical (unpaired) electrons. The van der Waals surface area contributed by atoms with Gasteiger partial charge in [-0.1, -0.05) is 12.1 Å². The first-order chi connectivity index (χ1) is 10.3. The first-order valence-electron chi connectivity index (χ1n) is 6.23. The molecule has 0 spiro atoms. The van der Waals surface area contributed by atoms with Crippen molar-refractivity contribution >= 4 is 33.7 Å². The molecule has 114 valence electrons. The van der Waals surface area contributed by atoms with E-state index in [0.29, 0.717) is 11.1 Å². The fourth-order valence-electron chi connectivity index (χ4n) is 2.17. The summed E-state index contributed by atoms with van der Waals surface area (Å²) in [5, 5.41) is 0. The average Bonchev–Trinajstić information content (AvgIpc) is 2.92. The number of nitrogens with zero attached hydrogens (tertiary/aromatic N) is 1. The number of rotatable bonds is 2. The summed E-state index contributed by atoms with van der Waals surface area (Å²) in [7, 11) is 0. The van der Waals surface area contributed by atoms with Crippen LogP contribution in [0.2, 0.25) is 0 Å². The van der Waals surface area contributed by atoms with E-state index >= 15 is 0 Å². The van der Waals surface area contributed by atoms with Crippen molar-refractivity contribution in [3.05, 3.63) is 45.9 Å². The molecular formula is C15H9F3INO2. The zero-order valence-corrected chi connectivity index (χ0v) is 13.4. The number of fused-ring (bicyclic) bond motifs is 1. The molecule has 3 nitrogen and oxygen atoms in total. The zero-order valence-electron chi connectivity index (χ0n) is 11.2. The number of hydrogen-bond donors (Lipinski definition) is 0. The van der Waals surface area contributed by atoms with Crippen LogP contribution in [-0.2, 0) is 0 Å². The number of oxazole rings is 1. The number of halogens is 4. The van der Waals surface area contributed by atoms with Crippen LogP contribution < -0.4 is 4.74 Å². The van der Waals surface area contributed by atoms with Crippen LogP contribution in [0.15, 0.2) is 41.1 Å². The van der Waals surface area contributed by atoms with Crippen molar-refractivity contribution in [3.63, 3.8) is 0 Å². The Hall–Kier alpha value is -1.77. The Kier molecular flexibility index (Phi) is 3.75. The smallest absolute Gasteiger partial charge is 0.443 e. The second-order valence-corrected chi connectivity index (χ2v) is 5.80. The highest BCUT2D eigenvalue weighted by Crippen LogP contribution is 2.34. The first-order valence-corrected chi connectivity index (χ1v) is 7.31. The van der Waals surface area contributed by atoms with Crippen LogP contribution in [0.4, 0.5) is 13.2 Å². The molecule has 22 heavy (non-hydrogen) atoms. The molecule has 3 rings (SSSR count). The van der Waals surface area contributed by atoms with Gasteiger partial charge in [0.1, 0.15) is 11.3 Å². The van der Waals surface area contributed by atoms with Gasteiger partial charge in [0.15, 0.2) is 12.0 Å². The molecule has 1 heterocycles. The SMILES string of the molecule is Cc1c(I)cc(-c2ccc(OC(F)(F)F)cc2)c2ncoc12. The Morgan fingerprint density at radius 1 is 1.18 bits per heavy atom. The van der Waals surface area contributed by atoms with Crippen molar-refractivity contribution in [2.45, 2.75) is 13.3 Å². The Balaban J connectivity index is 2.05. The van der Waals surface area contributed by atoms with Crippen LogP contribution in [0.3, 0.4) is 0 Å². The maximum Gasteiger partial charge on any atom is 0.573 e. The van der Waals surface area contributed by atoms with Gasteiger partial charge in [-0.05, 0) is 53.3 Å². The van der Waals surface area contributed by atoms with E-state index in [1.807, 2.05) is 13.0 Å². The number of benzene rings is 2. The summed E-state index contributed by atoms with van der Waals surface area (Å²) in [6.45, 7) is 1.93. The summed E-state index contributed by atoms with van der Waals surface area (Å²) in [6, 6.07) is 7.62. The van der Waals surface area contributed by atoms with Gasteiger partial charge < -0.3 is 9.15 Å². The second-order valence-electron chi connectivity index (χ2n) is 4.63. The molecule has 0 saturated heterocycles. The molecule has 0 aliphatic heterocycles. The van der Waals surface area contributed by atoms with E-state index in [1.54, 1.807) is 12.1 Å². The lowest BCUT2D eigenvalue weighted by Gasteiger charge is -2.10. The highest BCUT2D eigenvalue weighted by atomic mass is 127. The van der Waals surface area contributed by atoms with Gasteiger partial charge in [0.05, 0.1) is 0 Å². The van der Waals surface area contributed by atoms with E-state index in [4.69, 9.17) is 4.42 Å². The average molecular weight is 419 g/mol. The molecule has 0 amide bonds. The standard InChI is InChI=1S/C15H9F3INO2/c1-8-12(19)6-11(13-14(8)21-7-20-13)9-2-4-10(5-3-9)22-15(16,17)18/h2-7H,1H3. The summed E-state index contributed by atoms with van der Waals surface area (Å²) in [5.74, 6) is -0.255. The highest BCUT2D eigenvalue weighted by Gasteiger charge is 2.31. The molecule has 0 N–H and O–H groups in total. The Labute approximate surface area is 137 Å². The van der Waals surface area contributed by atoms with Gasteiger partial charge in [0.2, 0.25) is 0 Å². The van der Waals surface area contributed by atoms with E-state index in [2.05, 4.69) is 32.3 Å². The molecule has 0 unspecified atom stereocenters. The minimum absolute atomic E-state index is 0.255. The molecule has 0 aliphatic rings. The maximum atomic E-state index is 12.2. The molecule has 0 aliphatic carbocycles. The van der Waals surface area contributed by atoms with Crippen LogP contribution in [0.5, 0.6) is 5.75 Å². The van der Waals surface area contributed by atoms with Gasteiger partial charge in [-0.2, -0.15) is 0 Å². The van der Waals surface area contributed by atoms with Crippen molar-refractivity contribution in [2.75, 3.05) is 0 Å². The van der Waals surface area contributed by atoms with Gasteiger partial charge >= 0.3 is 6.36 Å². The predicted molar refractivity (Wildman–Crippen MR) is 83.6 cm³/mol. The number of hydrogen-bond acceptors (Lipinski definition) is 3. The fraction of sp³-hybridized carbons (Fsp3) is 0.133. The maximum absolute atomic E-state index is 12.2. The molecular weight excluding hydrogens is 410 g/mol. The lowest BCUT2D eigenvalue weighted by molar-refractivity contribution is -0.274. The van der Waals surface area contributed by atoms with Crippen molar-refractivity contribution in [3.8, 4) is 16.9 Å². The zero-order chi connectivity index (χ0) is 15.9. The summed E-state index contributed by atoms with van der Waals surface area (Å²) in [4.78, 5) is 4.20. The molecule has 7 heteroatoms. The quantitative estimate of drug-likeness (QED) is 0.529. The molecule has 2 aromatic carbocycles. The minimum Gasteiger partial charge on any atom is -0.443 e. The number of aromatic nitrogens is 1. The van der Waals surface area contributed by atoms with Crippen molar-refractivity contribution in [2.24, 2.45) is 0 Å². The van der Waals surface area contributed by atoms with Gasteiger partial charge in [0, 0.05) is 14.7 Å².